The third kappa shape index (κ3) is 42.7. The number of ether oxygens (including phenoxy) is 2. The van der Waals surface area contributed by atoms with Crippen LogP contribution in [0.3, 0.4) is 0 Å². The van der Waals surface area contributed by atoms with Gasteiger partial charge in [0.25, 0.3) is 0 Å². The average Bonchev–Trinajstić information content (AvgIpc) is 3.04. The first-order valence-corrected chi connectivity index (χ1v) is 20.6. The second kappa shape index (κ2) is 40.1. The molecule has 0 aliphatic carbocycles. The second-order valence-electron chi connectivity index (χ2n) is 14.0. The van der Waals surface area contributed by atoms with E-state index < -0.39 is 11.7 Å². The fourth-order valence-electron chi connectivity index (χ4n) is 5.28. The molecular formula is C42H80ClNO4. The van der Waals surface area contributed by atoms with Gasteiger partial charge >= 0.3 is 11.9 Å². The van der Waals surface area contributed by atoms with E-state index in [0.29, 0.717) is 12.8 Å². The van der Waals surface area contributed by atoms with Crippen LogP contribution >= 0.6 is 11.6 Å². The largest absolute Gasteiger partial charge is 0.457 e. The maximum atomic E-state index is 12.2. The maximum Gasteiger partial charge on any atom is 0.307 e. The lowest BCUT2D eigenvalue weighted by Crippen LogP contribution is -2.28. The molecule has 0 N–H and O–H groups in total. The van der Waals surface area contributed by atoms with E-state index in [2.05, 4.69) is 38.2 Å². The molecule has 0 spiro atoms. The van der Waals surface area contributed by atoms with Crippen molar-refractivity contribution in [3.8, 4) is 0 Å². The zero-order valence-corrected chi connectivity index (χ0v) is 33.5. The SMILES string of the molecule is CCCCCCCC/C=C\CCCCCCCC(=O)OC(C)C(Cl)OC(=O)CCCCCCC/C=C\CCCCCCCC.CN(C)C. The fraction of sp³-hybridized carbons (Fsp3) is 0.857. The Morgan fingerprint density at radius 1 is 0.500 bits per heavy atom. The minimum absolute atomic E-state index is 0.269. The standard InChI is InChI=1S/C39H71ClO4.C3H9N/c1-4-6-8-10-12-14-16-18-20-22-24-26-28-30-32-34-37(41)43-36(3)39(40)44-38(42)35-33-31-29-27-25-23-21-19-17-15-13-11-9-7-5-2;1-4(2)3/h18-21,36,39H,4-17,22-35H2,1-3H3;1-3H3/b20-18-,21-19-;. The first-order chi connectivity index (χ1) is 23.2. The molecule has 0 aliphatic heterocycles. The number of rotatable bonds is 33. The van der Waals surface area contributed by atoms with Crippen LogP contribution in [0.25, 0.3) is 0 Å². The zero-order valence-electron chi connectivity index (χ0n) is 32.7. The lowest BCUT2D eigenvalue weighted by atomic mass is 10.1. The molecule has 0 aromatic rings. The summed E-state index contributed by atoms with van der Waals surface area (Å²) in [5, 5.41) is 0. The number of carbonyl (C=O) groups excluding carboxylic acids is 2. The third-order valence-electron chi connectivity index (χ3n) is 8.22. The highest BCUT2D eigenvalue weighted by Crippen LogP contribution is 2.15. The van der Waals surface area contributed by atoms with Gasteiger partial charge in [-0.15, -0.1) is 0 Å². The number of allylic oxidation sites excluding steroid dienone is 4. The van der Waals surface area contributed by atoms with Gasteiger partial charge < -0.3 is 14.4 Å². The molecule has 284 valence electrons. The molecule has 0 heterocycles. The fourth-order valence-corrected chi connectivity index (χ4v) is 5.43. The molecular weight excluding hydrogens is 618 g/mol. The Balaban J connectivity index is 0. The first-order valence-electron chi connectivity index (χ1n) is 20.2. The van der Waals surface area contributed by atoms with Crippen LogP contribution < -0.4 is 0 Å². The molecule has 5 nitrogen and oxygen atoms in total. The van der Waals surface area contributed by atoms with Gasteiger partial charge in [0.15, 0.2) is 0 Å². The minimum Gasteiger partial charge on any atom is -0.457 e. The number of halogens is 1. The summed E-state index contributed by atoms with van der Waals surface area (Å²) in [4.78, 5) is 26.3. The van der Waals surface area contributed by atoms with Crippen LogP contribution in [0, 0.1) is 0 Å². The molecule has 0 saturated heterocycles. The minimum atomic E-state index is -0.941. The molecule has 0 aliphatic rings. The van der Waals surface area contributed by atoms with Gasteiger partial charge in [-0.1, -0.05) is 152 Å². The smallest absolute Gasteiger partial charge is 0.307 e. The van der Waals surface area contributed by atoms with Gasteiger partial charge in [0, 0.05) is 12.8 Å². The first kappa shape index (κ1) is 48.8. The van der Waals surface area contributed by atoms with Crippen molar-refractivity contribution in [1.82, 2.24) is 4.90 Å². The Hall–Kier alpha value is -1.33. The lowest BCUT2D eigenvalue weighted by Gasteiger charge is -2.19. The van der Waals surface area contributed by atoms with Crippen LogP contribution in [0.1, 0.15) is 201 Å². The summed E-state index contributed by atoms with van der Waals surface area (Å²) in [6.45, 7) is 6.21. The molecule has 0 fully saturated rings. The Labute approximate surface area is 304 Å². The quantitative estimate of drug-likeness (QED) is 0.0296. The van der Waals surface area contributed by atoms with Crippen LogP contribution in [-0.4, -0.2) is 49.6 Å². The lowest BCUT2D eigenvalue weighted by molar-refractivity contribution is -0.161. The molecule has 0 aromatic heterocycles. The van der Waals surface area contributed by atoms with Crippen molar-refractivity contribution >= 4 is 23.5 Å². The third-order valence-corrected chi connectivity index (χ3v) is 8.66. The Morgan fingerprint density at radius 2 is 0.771 bits per heavy atom. The van der Waals surface area contributed by atoms with Crippen molar-refractivity contribution < 1.29 is 19.1 Å². The van der Waals surface area contributed by atoms with Crippen LogP contribution in [-0.2, 0) is 19.1 Å². The normalized spacial score (nSPS) is 12.8. The summed E-state index contributed by atoms with van der Waals surface area (Å²) in [7, 11) is 6.00. The number of carbonyl (C=O) groups is 2. The van der Waals surface area contributed by atoms with Crippen LogP contribution in [0.5, 0.6) is 0 Å². The summed E-state index contributed by atoms with van der Waals surface area (Å²) < 4.78 is 10.7. The van der Waals surface area contributed by atoms with E-state index in [1.165, 1.54) is 116 Å². The van der Waals surface area contributed by atoms with Gasteiger partial charge in [0.2, 0.25) is 5.56 Å². The number of hydrogen-bond acceptors (Lipinski definition) is 5. The van der Waals surface area contributed by atoms with Gasteiger partial charge in [-0.05, 0) is 92.3 Å². The molecule has 48 heavy (non-hydrogen) atoms. The van der Waals surface area contributed by atoms with Crippen molar-refractivity contribution in [2.45, 2.75) is 212 Å². The van der Waals surface area contributed by atoms with Crippen molar-refractivity contribution in [3.63, 3.8) is 0 Å². The monoisotopic (exact) mass is 698 g/mol. The van der Waals surface area contributed by atoms with Crippen LogP contribution in [0.2, 0.25) is 0 Å². The highest BCUT2D eigenvalue weighted by Gasteiger charge is 2.22. The summed E-state index contributed by atoms with van der Waals surface area (Å²) in [5.41, 5.74) is -0.941. The molecule has 0 saturated carbocycles. The number of alkyl halides is 1. The number of hydrogen-bond donors (Lipinski definition) is 0. The van der Waals surface area contributed by atoms with E-state index in [-0.39, 0.29) is 11.9 Å². The van der Waals surface area contributed by atoms with Crippen molar-refractivity contribution in [3.05, 3.63) is 24.3 Å². The molecule has 2 unspecified atom stereocenters. The van der Waals surface area contributed by atoms with Crippen LogP contribution in [0.15, 0.2) is 24.3 Å². The van der Waals surface area contributed by atoms with Gasteiger partial charge in [0.1, 0.15) is 6.10 Å². The zero-order chi connectivity index (χ0) is 35.9. The Morgan fingerprint density at radius 3 is 1.10 bits per heavy atom. The van der Waals surface area contributed by atoms with Crippen molar-refractivity contribution in [1.29, 1.82) is 0 Å². The molecule has 6 heteroatoms. The van der Waals surface area contributed by atoms with Gasteiger partial charge in [-0.3, -0.25) is 9.59 Å². The summed E-state index contributed by atoms with van der Waals surface area (Å²) in [6, 6.07) is 0. The summed E-state index contributed by atoms with van der Waals surface area (Å²) in [5.74, 6) is -0.586. The van der Waals surface area contributed by atoms with Gasteiger partial charge in [-0.25, -0.2) is 0 Å². The van der Waals surface area contributed by atoms with Gasteiger partial charge in [0.05, 0.1) is 0 Å². The number of unbranched alkanes of at least 4 members (excludes halogenated alkanes) is 22. The van der Waals surface area contributed by atoms with E-state index >= 15 is 0 Å². The highest BCUT2D eigenvalue weighted by atomic mass is 35.5. The van der Waals surface area contributed by atoms with E-state index in [4.69, 9.17) is 21.1 Å². The predicted octanol–water partition coefficient (Wildman–Crippen LogP) is 13.3. The van der Waals surface area contributed by atoms with E-state index in [1.807, 2.05) is 26.0 Å². The van der Waals surface area contributed by atoms with E-state index in [1.54, 1.807) is 6.92 Å². The second-order valence-corrected chi connectivity index (χ2v) is 14.5. The number of esters is 2. The van der Waals surface area contributed by atoms with Crippen molar-refractivity contribution in [2.24, 2.45) is 0 Å². The molecule has 2 atom stereocenters. The molecule has 0 radical (unpaired) electrons. The summed E-state index contributed by atoms with van der Waals surface area (Å²) in [6.07, 6.45) is 41.2. The van der Waals surface area contributed by atoms with Crippen LogP contribution in [0.4, 0.5) is 0 Å². The Kier molecular flexibility index (Phi) is 40.8. The molecule has 0 rings (SSSR count). The maximum absolute atomic E-state index is 12.2. The highest BCUT2D eigenvalue weighted by molar-refractivity contribution is 6.20. The van der Waals surface area contributed by atoms with Gasteiger partial charge in [-0.2, -0.15) is 0 Å². The predicted molar refractivity (Wildman–Crippen MR) is 210 cm³/mol. The number of nitrogens with zero attached hydrogens (tertiary/aromatic N) is 1. The molecule has 0 bridgehead atoms. The van der Waals surface area contributed by atoms with E-state index in [9.17, 15) is 9.59 Å². The topological polar surface area (TPSA) is 55.8 Å². The van der Waals surface area contributed by atoms with E-state index in [0.717, 1.165) is 51.4 Å². The Bertz CT molecular complexity index is 678. The van der Waals surface area contributed by atoms with Crippen molar-refractivity contribution in [2.75, 3.05) is 21.1 Å². The summed E-state index contributed by atoms with van der Waals surface area (Å²) >= 11 is 6.21. The molecule has 0 amide bonds. The molecule has 0 aromatic carbocycles. The average molecular weight is 699 g/mol.